The number of methoxy groups -OCH3 is 1. The highest BCUT2D eigenvalue weighted by molar-refractivity contribution is 8.00. The molecule has 13 nitrogen and oxygen atoms in total. The number of H-pyrrole nitrogens is 1. The van der Waals surface area contributed by atoms with Gasteiger partial charge in [-0.15, -0.1) is 11.8 Å². The number of nitrogens with zero attached hydrogens (tertiary/aromatic N) is 4. The summed E-state index contributed by atoms with van der Waals surface area (Å²) in [5.41, 5.74) is 3.26. The molecule has 7 rings (SSSR count). The van der Waals surface area contributed by atoms with Gasteiger partial charge in [0.1, 0.15) is 23.2 Å². The average Bonchev–Trinajstić information content (AvgIpc) is 3.54. The Balaban J connectivity index is 1.07. The van der Waals surface area contributed by atoms with Crippen molar-refractivity contribution in [2.75, 3.05) is 32.5 Å². The molecule has 3 fully saturated rings. The highest BCUT2D eigenvalue weighted by atomic mass is 32.2. The normalized spacial score (nSPS) is 20.4. The van der Waals surface area contributed by atoms with Gasteiger partial charge in [0.2, 0.25) is 5.91 Å². The molecule has 3 heterocycles. The molecule has 0 radical (unpaired) electrons. The van der Waals surface area contributed by atoms with Crippen molar-refractivity contribution in [3.05, 3.63) is 77.9 Å². The fraction of sp³-hybridized carbons (Fsp3) is 0.465. The summed E-state index contributed by atoms with van der Waals surface area (Å²) in [5, 5.41) is 18.0. The fourth-order valence-corrected chi connectivity index (χ4v) is 9.12. The van der Waals surface area contributed by atoms with Gasteiger partial charge >= 0.3 is 18.1 Å². The SMILES string of the molecule is CC[N+]([O-])(C(=O)C1SCCN1C(=O)OC(C)(C)C)c1ccc(-c2ccc3cc(-c4c[nH]c(C5CC6(CC6)CN5C(=O)C(NC(=O)OC)C(C)C)n4)ccc3c2)cc1. The Kier molecular flexibility index (Phi) is 10.9. The van der Waals surface area contributed by atoms with Crippen LogP contribution in [0.5, 0.6) is 0 Å². The number of nitrogens with one attached hydrogen (secondary N) is 2. The van der Waals surface area contributed by atoms with Crippen LogP contribution in [-0.2, 0) is 19.1 Å². The number of likely N-dealkylation sites (tertiary alicyclic amines) is 1. The molecule has 0 bridgehead atoms. The first kappa shape index (κ1) is 40.3. The minimum atomic E-state index is -1.19. The van der Waals surface area contributed by atoms with Gasteiger partial charge in [0, 0.05) is 42.7 Å². The molecular formula is C43H52N6O7S. The van der Waals surface area contributed by atoms with Crippen LogP contribution in [0.4, 0.5) is 15.3 Å². The van der Waals surface area contributed by atoms with Gasteiger partial charge in [-0.3, -0.25) is 14.3 Å². The molecule has 1 spiro atoms. The molecule has 2 aliphatic heterocycles. The Hall–Kier alpha value is -4.92. The lowest BCUT2D eigenvalue weighted by atomic mass is 9.99. The first-order valence-electron chi connectivity index (χ1n) is 19.6. The summed E-state index contributed by atoms with van der Waals surface area (Å²) in [5.74, 6) is 0.432. The standard InChI is InChI=1S/C43H52N6O7S/c1-8-49(54,39(51)38-47(19-20-57-38)41(53)56-42(4,5)6)32-15-13-27(14-16-32)28-9-10-30-22-31(12-11-29(30)21-28)33-24-44-36(45-33)34-23-43(17-18-43)25-48(34)37(50)35(26(2)3)46-40(52)55-7/h9-16,21-22,24,26,34-35,38H,8,17-20,23,25H2,1-7H3,(H,44,45)(H,46,52). The molecule has 1 aromatic heterocycles. The van der Waals surface area contributed by atoms with Crippen LogP contribution in [0.25, 0.3) is 33.2 Å². The highest BCUT2D eigenvalue weighted by Gasteiger charge is 2.55. The minimum absolute atomic E-state index is 0.0157. The summed E-state index contributed by atoms with van der Waals surface area (Å²) in [7, 11) is 1.29. The predicted octanol–water partition coefficient (Wildman–Crippen LogP) is 7.99. The molecule has 1 saturated carbocycles. The number of aromatic nitrogens is 2. The fourth-order valence-electron chi connectivity index (χ4n) is 7.91. The van der Waals surface area contributed by atoms with Crippen LogP contribution in [0.3, 0.4) is 0 Å². The van der Waals surface area contributed by atoms with Gasteiger partial charge < -0.3 is 29.9 Å². The molecule has 57 heavy (non-hydrogen) atoms. The molecule has 3 aliphatic rings. The molecule has 4 aromatic rings. The van der Waals surface area contributed by atoms with Crippen molar-refractivity contribution in [2.24, 2.45) is 11.3 Å². The number of hydrogen-bond acceptors (Lipinski definition) is 9. The summed E-state index contributed by atoms with van der Waals surface area (Å²) in [6.45, 7) is 11.8. The van der Waals surface area contributed by atoms with Crippen LogP contribution < -0.4 is 9.96 Å². The molecule has 14 heteroatoms. The van der Waals surface area contributed by atoms with Crippen LogP contribution in [-0.4, -0.2) is 93.3 Å². The van der Waals surface area contributed by atoms with Crippen molar-refractivity contribution in [3.8, 4) is 22.4 Å². The first-order chi connectivity index (χ1) is 27.0. The van der Waals surface area contributed by atoms with E-state index < -0.39 is 39.8 Å². The zero-order valence-electron chi connectivity index (χ0n) is 33.7. The number of imidazole rings is 1. The van der Waals surface area contributed by atoms with Gasteiger partial charge in [0.05, 0.1) is 25.4 Å². The zero-order chi connectivity index (χ0) is 40.9. The number of fused-ring (bicyclic) bond motifs is 1. The van der Waals surface area contributed by atoms with E-state index in [1.807, 2.05) is 49.2 Å². The Bertz CT molecular complexity index is 2180. The van der Waals surface area contributed by atoms with Crippen molar-refractivity contribution >= 4 is 52.2 Å². The summed E-state index contributed by atoms with van der Waals surface area (Å²) >= 11 is 1.29. The lowest BCUT2D eigenvalue weighted by molar-refractivity contribution is -0.135. The number of rotatable bonds is 9. The molecule has 4 unspecified atom stereocenters. The molecule has 2 saturated heterocycles. The van der Waals surface area contributed by atoms with Crippen LogP contribution in [0.2, 0.25) is 0 Å². The first-order valence-corrected chi connectivity index (χ1v) is 20.7. The van der Waals surface area contributed by atoms with E-state index in [-0.39, 0.29) is 29.8 Å². The van der Waals surface area contributed by atoms with Crippen molar-refractivity contribution < 1.29 is 28.7 Å². The zero-order valence-corrected chi connectivity index (χ0v) is 34.5. The third-order valence-electron chi connectivity index (χ3n) is 11.3. The Morgan fingerprint density at radius 1 is 1.00 bits per heavy atom. The Morgan fingerprint density at radius 3 is 2.26 bits per heavy atom. The van der Waals surface area contributed by atoms with Gasteiger partial charge in [-0.2, -0.15) is 0 Å². The van der Waals surface area contributed by atoms with Crippen molar-refractivity contribution in [3.63, 3.8) is 0 Å². The maximum absolute atomic E-state index is 14.2. The number of aromatic amines is 1. The second-order valence-corrected chi connectivity index (χ2v) is 18.0. The van der Waals surface area contributed by atoms with E-state index in [1.165, 1.54) is 23.8 Å². The van der Waals surface area contributed by atoms with Gasteiger partial charge in [0.25, 0.3) is 0 Å². The maximum Gasteiger partial charge on any atom is 0.411 e. The highest BCUT2D eigenvalue weighted by Crippen LogP contribution is 2.58. The lowest BCUT2D eigenvalue weighted by Gasteiger charge is -2.41. The van der Waals surface area contributed by atoms with Gasteiger partial charge in [0.15, 0.2) is 5.37 Å². The maximum atomic E-state index is 14.2. The minimum Gasteiger partial charge on any atom is -0.620 e. The Morgan fingerprint density at radius 2 is 1.65 bits per heavy atom. The number of likely N-dealkylation sites (N-methyl/N-ethyl adjacent to an activating group) is 1. The summed E-state index contributed by atoms with van der Waals surface area (Å²) in [6, 6.07) is 18.5. The van der Waals surface area contributed by atoms with Crippen LogP contribution in [0.15, 0.2) is 66.9 Å². The molecular weight excluding hydrogens is 745 g/mol. The topological polar surface area (TPSA) is 157 Å². The third kappa shape index (κ3) is 8.12. The van der Waals surface area contributed by atoms with E-state index in [1.54, 1.807) is 39.8 Å². The second kappa shape index (κ2) is 15.4. The van der Waals surface area contributed by atoms with E-state index in [2.05, 4.69) is 34.6 Å². The largest absolute Gasteiger partial charge is 0.620 e. The number of thioether (sulfide) groups is 1. The van der Waals surface area contributed by atoms with E-state index in [0.717, 1.165) is 58.2 Å². The smallest absolute Gasteiger partial charge is 0.411 e. The number of hydroxylamine groups is 2. The lowest BCUT2D eigenvalue weighted by Crippen LogP contribution is -2.57. The van der Waals surface area contributed by atoms with Crippen LogP contribution in [0, 0.1) is 16.5 Å². The number of amides is 4. The van der Waals surface area contributed by atoms with E-state index in [9.17, 15) is 24.4 Å². The van der Waals surface area contributed by atoms with Gasteiger partial charge in [-0.25, -0.2) is 19.4 Å². The number of quaternary nitrogens is 1. The number of benzene rings is 3. The third-order valence-corrected chi connectivity index (χ3v) is 12.5. The molecule has 2 N–H and O–H groups in total. The average molecular weight is 797 g/mol. The van der Waals surface area contributed by atoms with Gasteiger partial charge in [-0.05, 0) is 104 Å². The van der Waals surface area contributed by atoms with E-state index >= 15 is 0 Å². The van der Waals surface area contributed by atoms with Crippen molar-refractivity contribution in [1.29, 1.82) is 0 Å². The number of alkyl carbamates (subject to hydrolysis) is 1. The Labute approximate surface area is 337 Å². The molecule has 302 valence electrons. The van der Waals surface area contributed by atoms with Crippen molar-refractivity contribution in [2.45, 2.75) is 83.9 Å². The van der Waals surface area contributed by atoms with Crippen LogP contribution in [0.1, 0.15) is 72.7 Å². The van der Waals surface area contributed by atoms with E-state index in [4.69, 9.17) is 14.5 Å². The quantitative estimate of drug-likeness (QED) is 0.127. The summed E-state index contributed by atoms with van der Waals surface area (Å²) in [6.07, 6.45) is 3.63. The number of carbonyl (C=O) groups excluding carboxylic acids is 4. The molecule has 3 aromatic carbocycles. The number of ether oxygens (including phenoxy) is 2. The van der Waals surface area contributed by atoms with Gasteiger partial charge in [-0.1, -0.05) is 38.1 Å². The number of carbonyl (C=O) groups is 4. The van der Waals surface area contributed by atoms with Crippen molar-refractivity contribution in [1.82, 2.24) is 29.7 Å². The second-order valence-electron chi connectivity index (χ2n) is 16.8. The molecule has 4 atom stereocenters. The summed E-state index contributed by atoms with van der Waals surface area (Å²) < 4.78 is 9.14. The summed E-state index contributed by atoms with van der Waals surface area (Å²) in [4.78, 5) is 64.3. The monoisotopic (exact) mass is 796 g/mol. The van der Waals surface area contributed by atoms with Crippen LogP contribution >= 0.6 is 11.8 Å². The number of hydrogen-bond donors (Lipinski definition) is 2. The van der Waals surface area contributed by atoms with E-state index in [0.29, 0.717) is 24.5 Å². The molecule has 4 amide bonds. The predicted molar refractivity (Wildman–Crippen MR) is 222 cm³/mol. The molecule has 1 aliphatic carbocycles.